The maximum Gasteiger partial charge on any atom is 0.0671 e. The molecule has 1 aromatic heterocycles. The van der Waals surface area contributed by atoms with Crippen LogP contribution in [0.2, 0.25) is 0 Å². The van der Waals surface area contributed by atoms with E-state index < -0.39 is 0 Å². The zero-order valence-electron chi connectivity index (χ0n) is 9.13. The van der Waals surface area contributed by atoms with E-state index in [-0.39, 0.29) is 6.10 Å². The number of nitrogens with zero attached hydrogens (tertiary/aromatic N) is 1. The van der Waals surface area contributed by atoms with Crippen LogP contribution in [0.25, 0.3) is 0 Å². The van der Waals surface area contributed by atoms with Crippen molar-refractivity contribution in [1.82, 2.24) is 15.5 Å². The molecule has 0 amide bonds. The number of aromatic amines is 1. The zero-order valence-corrected chi connectivity index (χ0v) is 9.13. The highest BCUT2D eigenvalue weighted by atomic mass is 16.5. The van der Waals surface area contributed by atoms with E-state index in [1.165, 1.54) is 5.56 Å². The van der Waals surface area contributed by atoms with E-state index in [0.29, 0.717) is 0 Å². The highest BCUT2D eigenvalue weighted by Crippen LogP contribution is 2.01. The molecule has 0 bridgehead atoms. The largest absolute Gasteiger partial charge is 0.377 e. The van der Waals surface area contributed by atoms with Crippen molar-refractivity contribution in [3.05, 3.63) is 17.5 Å². The lowest BCUT2D eigenvalue weighted by molar-refractivity contribution is 0.0759. The third-order valence-corrected chi connectivity index (χ3v) is 2.13. The van der Waals surface area contributed by atoms with Crippen LogP contribution in [0.15, 0.2) is 6.20 Å². The molecule has 0 radical (unpaired) electrons. The van der Waals surface area contributed by atoms with Gasteiger partial charge in [0.2, 0.25) is 0 Å². The molecule has 0 saturated carbocycles. The SMILES string of the molecule is CCOC(C)CNCc1cn[nH]c1C. The number of ether oxygens (including phenoxy) is 1. The molecule has 4 heteroatoms. The Kier molecular flexibility index (Phi) is 4.62. The Balaban J connectivity index is 2.19. The lowest BCUT2D eigenvalue weighted by atomic mass is 10.2. The van der Waals surface area contributed by atoms with Crippen molar-refractivity contribution in [2.24, 2.45) is 0 Å². The highest BCUT2D eigenvalue weighted by Gasteiger charge is 2.02. The van der Waals surface area contributed by atoms with Gasteiger partial charge in [-0.1, -0.05) is 0 Å². The predicted octanol–water partition coefficient (Wildman–Crippen LogP) is 1.23. The fourth-order valence-corrected chi connectivity index (χ4v) is 1.31. The summed E-state index contributed by atoms with van der Waals surface area (Å²) in [4.78, 5) is 0. The van der Waals surface area contributed by atoms with E-state index in [9.17, 15) is 0 Å². The Morgan fingerprint density at radius 1 is 1.64 bits per heavy atom. The molecule has 0 aliphatic rings. The van der Waals surface area contributed by atoms with Crippen LogP contribution >= 0.6 is 0 Å². The van der Waals surface area contributed by atoms with Gasteiger partial charge >= 0.3 is 0 Å². The van der Waals surface area contributed by atoms with Crippen LogP contribution < -0.4 is 5.32 Å². The van der Waals surface area contributed by atoms with Crippen molar-refractivity contribution < 1.29 is 4.74 Å². The van der Waals surface area contributed by atoms with Gasteiger partial charge in [-0.15, -0.1) is 0 Å². The Morgan fingerprint density at radius 2 is 2.43 bits per heavy atom. The van der Waals surface area contributed by atoms with E-state index in [1.807, 2.05) is 20.0 Å². The number of aryl methyl sites for hydroxylation is 1. The monoisotopic (exact) mass is 197 g/mol. The molecule has 0 aliphatic carbocycles. The van der Waals surface area contributed by atoms with Gasteiger partial charge in [-0.05, 0) is 20.8 Å². The Hall–Kier alpha value is -0.870. The molecule has 0 aromatic carbocycles. The van der Waals surface area contributed by atoms with Crippen LogP contribution in [0.1, 0.15) is 25.1 Å². The third-order valence-electron chi connectivity index (χ3n) is 2.13. The fraction of sp³-hybridized carbons (Fsp3) is 0.700. The van der Waals surface area contributed by atoms with Gasteiger partial charge in [0.05, 0.1) is 12.3 Å². The number of H-pyrrole nitrogens is 1. The van der Waals surface area contributed by atoms with Gasteiger partial charge in [-0.2, -0.15) is 5.10 Å². The van der Waals surface area contributed by atoms with Crippen LogP contribution in [-0.4, -0.2) is 29.5 Å². The summed E-state index contributed by atoms with van der Waals surface area (Å²) in [5.74, 6) is 0. The van der Waals surface area contributed by atoms with Crippen LogP contribution in [0.3, 0.4) is 0 Å². The maximum absolute atomic E-state index is 5.41. The third kappa shape index (κ3) is 3.47. The van der Waals surface area contributed by atoms with Gasteiger partial charge in [0, 0.05) is 31.0 Å². The second-order valence-electron chi connectivity index (χ2n) is 3.42. The van der Waals surface area contributed by atoms with Crippen molar-refractivity contribution >= 4 is 0 Å². The minimum absolute atomic E-state index is 0.271. The summed E-state index contributed by atoms with van der Waals surface area (Å²) in [6.07, 6.45) is 2.13. The number of hydrogen-bond donors (Lipinski definition) is 2. The smallest absolute Gasteiger partial charge is 0.0671 e. The van der Waals surface area contributed by atoms with Crippen molar-refractivity contribution in [3.63, 3.8) is 0 Å². The Morgan fingerprint density at radius 3 is 3.00 bits per heavy atom. The maximum atomic E-state index is 5.41. The molecule has 0 fully saturated rings. The number of aromatic nitrogens is 2. The first-order chi connectivity index (χ1) is 6.74. The highest BCUT2D eigenvalue weighted by molar-refractivity contribution is 5.13. The molecular formula is C10H19N3O. The Bertz CT molecular complexity index is 260. The minimum atomic E-state index is 0.271. The average molecular weight is 197 g/mol. The van der Waals surface area contributed by atoms with Crippen LogP contribution in [0.5, 0.6) is 0 Å². The standard InChI is InChI=1S/C10H19N3O/c1-4-14-8(2)5-11-6-10-7-12-13-9(10)3/h7-8,11H,4-6H2,1-3H3,(H,12,13). The van der Waals surface area contributed by atoms with Gasteiger partial charge in [0.1, 0.15) is 0 Å². The summed E-state index contributed by atoms with van der Waals surface area (Å²) in [5, 5.41) is 10.2. The van der Waals surface area contributed by atoms with Crippen LogP contribution in [-0.2, 0) is 11.3 Å². The normalized spacial score (nSPS) is 13.1. The van der Waals surface area contributed by atoms with E-state index in [4.69, 9.17) is 4.74 Å². The summed E-state index contributed by atoms with van der Waals surface area (Å²) >= 11 is 0. The lowest BCUT2D eigenvalue weighted by Crippen LogP contribution is -2.26. The first-order valence-electron chi connectivity index (χ1n) is 5.05. The molecule has 1 atom stereocenters. The second kappa shape index (κ2) is 5.78. The van der Waals surface area contributed by atoms with Crippen molar-refractivity contribution in [2.75, 3.05) is 13.2 Å². The average Bonchev–Trinajstić information content (AvgIpc) is 2.52. The zero-order chi connectivity index (χ0) is 10.4. The number of hydrogen-bond acceptors (Lipinski definition) is 3. The molecular weight excluding hydrogens is 178 g/mol. The van der Waals surface area contributed by atoms with E-state index >= 15 is 0 Å². The quantitative estimate of drug-likeness (QED) is 0.721. The first kappa shape index (κ1) is 11.2. The molecule has 80 valence electrons. The van der Waals surface area contributed by atoms with E-state index in [2.05, 4.69) is 22.4 Å². The van der Waals surface area contributed by atoms with Crippen LogP contribution in [0.4, 0.5) is 0 Å². The summed E-state index contributed by atoms with van der Waals surface area (Å²) in [5.41, 5.74) is 2.34. The molecule has 1 aromatic rings. The van der Waals surface area contributed by atoms with Gasteiger partial charge in [-0.3, -0.25) is 5.10 Å². The topological polar surface area (TPSA) is 49.9 Å². The van der Waals surface area contributed by atoms with Crippen LogP contribution in [0, 0.1) is 6.92 Å². The predicted molar refractivity (Wildman–Crippen MR) is 56.1 cm³/mol. The number of nitrogens with one attached hydrogen (secondary N) is 2. The van der Waals surface area contributed by atoms with Crippen molar-refractivity contribution in [3.8, 4) is 0 Å². The second-order valence-corrected chi connectivity index (χ2v) is 3.42. The summed E-state index contributed by atoms with van der Waals surface area (Å²) in [6.45, 7) is 8.59. The summed E-state index contributed by atoms with van der Waals surface area (Å²) in [6, 6.07) is 0. The molecule has 4 nitrogen and oxygen atoms in total. The van der Waals surface area contributed by atoms with E-state index in [1.54, 1.807) is 0 Å². The lowest BCUT2D eigenvalue weighted by Gasteiger charge is -2.11. The fourth-order valence-electron chi connectivity index (χ4n) is 1.31. The molecule has 2 N–H and O–H groups in total. The summed E-state index contributed by atoms with van der Waals surface area (Å²) in [7, 11) is 0. The van der Waals surface area contributed by atoms with Gasteiger partial charge in [0.15, 0.2) is 0 Å². The Labute approximate surface area is 85.0 Å². The molecule has 0 saturated heterocycles. The molecule has 0 spiro atoms. The van der Waals surface area contributed by atoms with Gasteiger partial charge in [-0.25, -0.2) is 0 Å². The van der Waals surface area contributed by atoms with Crippen molar-refractivity contribution in [2.45, 2.75) is 33.4 Å². The first-order valence-corrected chi connectivity index (χ1v) is 5.05. The molecule has 1 heterocycles. The minimum Gasteiger partial charge on any atom is -0.377 e. The molecule has 1 unspecified atom stereocenters. The van der Waals surface area contributed by atoms with E-state index in [0.717, 1.165) is 25.4 Å². The van der Waals surface area contributed by atoms with Gasteiger partial charge < -0.3 is 10.1 Å². The van der Waals surface area contributed by atoms with Crippen molar-refractivity contribution in [1.29, 1.82) is 0 Å². The molecule has 14 heavy (non-hydrogen) atoms. The molecule has 0 aliphatic heterocycles. The molecule has 1 rings (SSSR count). The van der Waals surface area contributed by atoms with Gasteiger partial charge in [0.25, 0.3) is 0 Å². The summed E-state index contributed by atoms with van der Waals surface area (Å²) < 4.78 is 5.41. The number of rotatable bonds is 6.